The minimum absolute atomic E-state index is 0.0773. The smallest absolute Gasteiger partial charge is 0.253 e. The fraction of sp³-hybridized carbons (Fsp3) is 0.375. The van der Waals surface area contributed by atoms with Gasteiger partial charge in [0, 0.05) is 66.3 Å². The molecule has 0 saturated carbocycles. The molecular formula is C24H25Cl2N5O. The van der Waals surface area contributed by atoms with E-state index in [0.29, 0.717) is 27.6 Å². The van der Waals surface area contributed by atoms with E-state index in [0.717, 1.165) is 56.0 Å². The van der Waals surface area contributed by atoms with Gasteiger partial charge in [-0.05, 0) is 48.4 Å². The van der Waals surface area contributed by atoms with E-state index in [4.69, 9.17) is 23.2 Å². The second kappa shape index (κ2) is 8.85. The molecule has 0 bridgehead atoms. The number of hydrogen-bond acceptors (Lipinski definition) is 5. The molecule has 2 aliphatic heterocycles. The molecule has 2 atom stereocenters. The number of hydrogen-bond donors (Lipinski definition) is 0. The fourth-order valence-electron chi connectivity index (χ4n) is 4.90. The molecule has 0 radical (unpaired) electrons. The summed E-state index contributed by atoms with van der Waals surface area (Å²) in [6.07, 6.45) is 1.62. The topological polar surface area (TPSA) is 52.6 Å². The number of halogens is 2. The van der Waals surface area contributed by atoms with E-state index >= 15 is 0 Å². The number of rotatable bonds is 3. The van der Waals surface area contributed by atoms with Gasteiger partial charge in [0.05, 0.1) is 5.52 Å². The predicted molar refractivity (Wildman–Crippen MR) is 129 cm³/mol. The van der Waals surface area contributed by atoms with Crippen molar-refractivity contribution in [1.82, 2.24) is 19.8 Å². The summed E-state index contributed by atoms with van der Waals surface area (Å²) in [5, 5.41) is 2.36. The Morgan fingerprint density at radius 3 is 2.41 bits per heavy atom. The Balaban J connectivity index is 1.25. The molecule has 32 heavy (non-hydrogen) atoms. The number of benzene rings is 2. The van der Waals surface area contributed by atoms with E-state index in [1.54, 1.807) is 30.6 Å². The number of piperazine rings is 1. The molecule has 2 aromatic carbocycles. The second-order valence-electron chi connectivity index (χ2n) is 8.64. The van der Waals surface area contributed by atoms with Crippen molar-refractivity contribution in [2.24, 2.45) is 5.92 Å². The first-order valence-corrected chi connectivity index (χ1v) is 11.7. The highest BCUT2D eigenvalue weighted by molar-refractivity contribution is 6.31. The van der Waals surface area contributed by atoms with E-state index in [1.165, 1.54) is 0 Å². The van der Waals surface area contributed by atoms with Crippen LogP contribution in [0.3, 0.4) is 0 Å². The lowest BCUT2D eigenvalue weighted by Gasteiger charge is -2.39. The standard InChI is InChI=1S/C24H25Cl2N5O/c1-16-13-31(23-20-7-6-19(26)12-21(20)27-15-28-23)14-22(16)29-8-10-30(11-9-29)24(32)17-2-4-18(25)5-3-17/h2-7,12,15-16,22H,8-11,13-14H2,1H3/t16-,22+/m0/s1. The van der Waals surface area contributed by atoms with Crippen molar-refractivity contribution >= 4 is 45.8 Å². The van der Waals surface area contributed by atoms with Gasteiger partial charge in [-0.15, -0.1) is 0 Å². The SMILES string of the molecule is C[C@H]1CN(c2ncnc3cc(Cl)ccc23)C[C@H]1N1CCN(C(=O)c2ccc(Cl)cc2)CC1. The van der Waals surface area contributed by atoms with Crippen LogP contribution in [0.15, 0.2) is 48.8 Å². The van der Waals surface area contributed by atoms with Gasteiger partial charge >= 0.3 is 0 Å². The van der Waals surface area contributed by atoms with Gasteiger partial charge in [-0.25, -0.2) is 9.97 Å². The molecule has 2 fully saturated rings. The number of carbonyl (C=O) groups excluding carboxylic acids is 1. The highest BCUT2D eigenvalue weighted by Gasteiger charge is 2.37. The molecule has 1 amide bonds. The zero-order valence-electron chi connectivity index (χ0n) is 17.9. The Bertz CT molecular complexity index is 1130. The lowest BCUT2D eigenvalue weighted by atomic mass is 10.0. The van der Waals surface area contributed by atoms with E-state index in [1.807, 2.05) is 23.1 Å². The molecule has 3 heterocycles. The summed E-state index contributed by atoms with van der Waals surface area (Å²) in [4.78, 5) is 28.6. The summed E-state index contributed by atoms with van der Waals surface area (Å²) in [5.74, 6) is 1.55. The van der Waals surface area contributed by atoms with Crippen LogP contribution in [0.1, 0.15) is 17.3 Å². The maximum absolute atomic E-state index is 12.8. The van der Waals surface area contributed by atoms with E-state index < -0.39 is 0 Å². The fourth-order valence-corrected chi connectivity index (χ4v) is 5.19. The van der Waals surface area contributed by atoms with Crippen LogP contribution in [0.25, 0.3) is 10.9 Å². The van der Waals surface area contributed by atoms with Gasteiger partial charge in [0.25, 0.3) is 5.91 Å². The van der Waals surface area contributed by atoms with Gasteiger partial charge < -0.3 is 9.80 Å². The molecule has 0 unspecified atom stereocenters. The lowest BCUT2D eigenvalue weighted by Crippen LogP contribution is -2.53. The Hall–Kier alpha value is -2.41. The first kappa shape index (κ1) is 21.4. The Morgan fingerprint density at radius 2 is 1.66 bits per heavy atom. The van der Waals surface area contributed by atoms with Gasteiger partial charge in [-0.3, -0.25) is 9.69 Å². The van der Waals surface area contributed by atoms with Crippen LogP contribution in [-0.4, -0.2) is 71.0 Å². The van der Waals surface area contributed by atoms with Crippen LogP contribution >= 0.6 is 23.2 Å². The highest BCUT2D eigenvalue weighted by atomic mass is 35.5. The third-order valence-electron chi connectivity index (χ3n) is 6.61. The van der Waals surface area contributed by atoms with Crippen LogP contribution < -0.4 is 4.90 Å². The molecule has 6 nitrogen and oxygen atoms in total. The first-order chi connectivity index (χ1) is 15.5. The summed E-state index contributed by atoms with van der Waals surface area (Å²) in [5.41, 5.74) is 1.56. The van der Waals surface area contributed by atoms with Crippen molar-refractivity contribution < 1.29 is 4.79 Å². The first-order valence-electron chi connectivity index (χ1n) is 10.9. The third-order valence-corrected chi connectivity index (χ3v) is 7.10. The second-order valence-corrected chi connectivity index (χ2v) is 9.52. The molecule has 0 N–H and O–H groups in total. The normalized spacial score (nSPS) is 22.0. The van der Waals surface area contributed by atoms with Crippen LogP contribution in [0.5, 0.6) is 0 Å². The average Bonchev–Trinajstić information content (AvgIpc) is 3.20. The number of fused-ring (bicyclic) bond motifs is 1. The molecule has 2 saturated heterocycles. The summed E-state index contributed by atoms with van der Waals surface area (Å²) >= 11 is 12.1. The molecule has 5 rings (SSSR count). The quantitative estimate of drug-likeness (QED) is 0.574. The maximum atomic E-state index is 12.8. The molecular weight excluding hydrogens is 445 g/mol. The van der Waals surface area contributed by atoms with Gasteiger partial charge in [-0.2, -0.15) is 0 Å². The zero-order valence-corrected chi connectivity index (χ0v) is 19.4. The van der Waals surface area contributed by atoms with Crippen molar-refractivity contribution in [3.8, 4) is 0 Å². The predicted octanol–water partition coefficient (Wildman–Crippen LogP) is 4.22. The highest BCUT2D eigenvalue weighted by Crippen LogP contribution is 2.31. The van der Waals surface area contributed by atoms with Gasteiger partial charge in [0.1, 0.15) is 12.1 Å². The third kappa shape index (κ3) is 4.15. The van der Waals surface area contributed by atoms with E-state index in [2.05, 4.69) is 26.7 Å². The molecule has 166 valence electrons. The number of amides is 1. The lowest BCUT2D eigenvalue weighted by molar-refractivity contribution is 0.0552. The van der Waals surface area contributed by atoms with Crippen molar-refractivity contribution in [2.45, 2.75) is 13.0 Å². The van der Waals surface area contributed by atoms with Gasteiger partial charge in [0.15, 0.2) is 0 Å². The van der Waals surface area contributed by atoms with E-state index in [-0.39, 0.29) is 5.91 Å². The molecule has 8 heteroatoms. The Kier molecular flexibility index (Phi) is 5.93. The van der Waals surface area contributed by atoms with Crippen LogP contribution in [0.2, 0.25) is 10.0 Å². The number of anilines is 1. The summed E-state index contributed by atoms with van der Waals surface area (Å²) in [7, 11) is 0. The number of nitrogens with zero attached hydrogens (tertiary/aromatic N) is 5. The van der Waals surface area contributed by atoms with Crippen LogP contribution in [0, 0.1) is 5.92 Å². The average molecular weight is 470 g/mol. The van der Waals surface area contributed by atoms with Crippen molar-refractivity contribution in [3.05, 3.63) is 64.4 Å². The van der Waals surface area contributed by atoms with E-state index in [9.17, 15) is 4.79 Å². The minimum atomic E-state index is 0.0773. The molecule has 2 aliphatic rings. The van der Waals surface area contributed by atoms with Crippen LogP contribution in [-0.2, 0) is 0 Å². The number of aromatic nitrogens is 2. The van der Waals surface area contributed by atoms with Crippen LogP contribution in [0.4, 0.5) is 5.82 Å². The Labute approximate surface area is 197 Å². The van der Waals surface area contributed by atoms with Crippen molar-refractivity contribution in [1.29, 1.82) is 0 Å². The summed E-state index contributed by atoms with van der Waals surface area (Å²) in [6.45, 7) is 7.39. The Morgan fingerprint density at radius 1 is 0.938 bits per heavy atom. The van der Waals surface area contributed by atoms with Gasteiger partial charge in [0.2, 0.25) is 0 Å². The summed E-state index contributed by atoms with van der Waals surface area (Å²) in [6, 6.07) is 13.3. The molecule has 1 aromatic heterocycles. The molecule has 0 aliphatic carbocycles. The number of carbonyl (C=O) groups is 1. The maximum Gasteiger partial charge on any atom is 0.253 e. The summed E-state index contributed by atoms with van der Waals surface area (Å²) < 4.78 is 0. The monoisotopic (exact) mass is 469 g/mol. The van der Waals surface area contributed by atoms with Crippen molar-refractivity contribution in [3.63, 3.8) is 0 Å². The van der Waals surface area contributed by atoms with Crippen molar-refractivity contribution in [2.75, 3.05) is 44.2 Å². The largest absolute Gasteiger partial charge is 0.354 e. The zero-order chi connectivity index (χ0) is 22.2. The molecule has 0 spiro atoms. The van der Waals surface area contributed by atoms with Gasteiger partial charge in [-0.1, -0.05) is 30.1 Å². The minimum Gasteiger partial charge on any atom is -0.354 e. The molecule has 3 aromatic rings.